The van der Waals surface area contributed by atoms with Crippen LogP contribution in [0.15, 0.2) is 24.3 Å². The molecular formula is C16H22N2O2. The van der Waals surface area contributed by atoms with E-state index in [2.05, 4.69) is 0 Å². The molecule has 4 heteroatoms. The highest BCUT2D eigenvalue weighted by Gasteiger charge is 2.42. The van der Waals surface area contributed by atoms with Crippen molar-refractivity contribution in [3.05, 3.63) is 29.8 Å². The molecule has 2 unspecified atom stereocenters. The molecule has 1 aliphatic heterocycles. The molecule has 2 atom stereocenters. The third-order valence-electron chi connectivity index (χ3n) is 4.32. The molecular weight excluding hydrogens is 252 g/mol. The van der Waals surface area contributed by atoms with Crippen LogP contribution in [0.25, 0.3) is 0 Å². The van der Waals surface area contributed by atoms with Crippen LogP contribution in [0.2, 0.25) is 0 Å². The van der Waals surface area contributed by atoms with Gasteiger partial charge in [-0.2, -0.15) is 0 Å². The summed E-state index contributed by atoms with van der Waals surface area (Å²) in [5, 5.41) is 0. The van der Waals surface area contributed by atoms with E-state index >= 15 is 0 Å². The molecule has 20 heavy (non-hydrogen) atoms. The number of nitrogens with zero attached hydrogens (tertiary/aromatic N) is 1. The highest BCUT2D eigenvalue weighted by molar-refractivity contribution is 5.78. The SMILES string of the molecule is COc1ccccc1C1C(N)CCCC(=O)N1C1CC1. The lowest BCUT2D eigenvalue weighted by atomic mass is 9.95. The molecule has 1 aromatic rings. The predicted octanol–water partition coefficient (Wildman–Crippen LogP) is 2.24. The van der Waals surface area contributed by atoms with Gasteiger partial charge in [0.25, 0.3) is 0 Å². The number of para-hydroxylation sites is 1. The van der Waals surface area contributed by atoms with E-state index in [1.54, 1.807) is 7.11 Å². The van der Waals surface area contributed by atoms with Crippen molar-refractivity contribution in [2.75, 3.05) is 7.11 Å². The Balaban J connectivity index is 2.02. The minimum atomic E-state index is -0.0475. The summed E-state index contributed by atoms with van der Waals surface area (Å²) < 4.78 is 5.48. The Labute approximate surface area is 119 Å². The Kier molecular flexibility index (Phi) is 3.66. The number of methoxy groups -OCH3 is 1. The fourth-order valence-corrected chi connectivity index (χ4v) is 3.21. The second kappa shape index (κ2) is 5.44. The smallest absolute Gasteiger partial charge is 0.223 e. The Morgan fingerprint density at radius 1 is 1.25 bits per heavy atom. The molecule has 1 saturated carbocycles. The fraction of sp³-hybridized carbons (Fsp3) is 0.562. The highest BCUT2D eigenvalue weighted by atomic mass is 16.5. The van der Waals surface area contributed by atoms with Gasteiger partial charge in [0.05, 0.1) is 13.2 Å². The van der Waals surface area contributed by atoms with Gasteiger partial charge in [0.1, 0.15) is 5.75 Å². The maximum absolute atomic E-state index is 12.5. The first kappa shape index (κ1) is 13.4. The van der Waals surface area contributed by atoms with Crippen LogP contribution < -0.4 is 10.5 Å². The third-order valence-corrected chi connectivity index (χ3v) is 4.32. The van der Waals surface area contributed by atoms with E-state index in [0.29, 0.717) is 12.5 Å². The summed E-state index contributed by atoms with van der Waals surface area (Å²) in [5.74, 6) is 1.07. The number of hydrogen-bond donors (Lipinski definition) is 1. The van der Waals surface area contributed by atoms with Crippen LogP contribution >= 0.6 is 0 Å². The number of carbonyl (C=O) groups is 1. The topological polar surface area (TPSA) is 55.6 Å². The zero-order chi connectivity index (χ0) is 14.1. The summed E-state index contributed by atoms with van der Waals surface area (Å²) in [7, 11) is 1.67. The maximum Gasteiger partial charge on any atom is 0.223 e. The summed E-state index contributed by atoms with van der Waals surface area (Å²) in [5.41, 5.74) is 7.45. The largest absolute Gasteiger partial charge is 0.496 e. The van der Waals surface area contributed by atoms with E-state index in [1.165, 1.54) is 0 Å². The van der Waals surface area contributed by atoms with Crippen LogP contribution in [0.1, 0.15) is 43.7 Å². The number of amides is 1. The van der Waals surface area contributed by atoms with Gasteiger partial charge in [-0.15, -0.1) is 0 Å². The number of benzene rings is 1. The molecule has 1 saturated heterocycles. The molecule has 0 aromatic heterocycles. The fourth-order valence-electron chi connectivity index (χ4n) is 3.21. The van der Waals surface area contributed by atoms with E-state index in [-0.39, 0.29) is 18.0 Å². The van der Waals surface area contributed by atoms with Gasteiger partial charge in [0.2, 0.25) is 5.91 Å². The molecule has 3 rings (SSSR count). The van der Waals surface area contributed by atoms with Crippen molar-refractivity contribution in [2.24, 2.45) is 5.73 Å². The number of likely N-dealkylation sites (tertiary alicyclic amines) is 1. The van der Waals surface area contributed by atoms with Gasteiger partial charge in [-0.05, 0) is 31.7 Å². The van der Waals surface area contributed by atoms with Crippen molar-refractivity contribution in [2.45, 2.75) is 50.2 Å². The van der Waals surface area contributed by atoms with Crippen LogP contribution in [0.5, 0.6) is 5.75 Å². The Morgan fingerprint density at radius 2 is 2.00 bits per heavy atom. The molecule has 0 bridgehead atoms. The zero-order valence-corrected chi connectivity index (χ0v) is 11.9. The van der Waals surface area contributed by atoms with Crippen molar-refractivity contribution in [3.63, 3.8) is 0 Å². The summed E-state index contributed by atoms with van der Waals surface area (Å²) in [6, 6.07) is 8.24. The molecule has 1 heterocycles. The van der Waals surface area contributed by atoms with Crippen LogP contribution in [0, 0.1) is 0 Å². The summed E-state index contributed by atoms with van der Waals surface area (Å²) in [4.78, 5) is 14.5. The van der Waals surface area contributed by atoms with Crippen molar-refractivity contribution in [1.29, 1.82) is 0 Å². The summed E-state index contributed by atoms with van der Waals surface area (Å²) in [6.45, 7) is 0. The number of rotatable bonds is 3. The molecule has 2 N–H and O–H groups in total. The third kappa shape index (κ3) is 2.40. The van der Waals surface area contributed by atoms with Gasteiger partial charge in [-0.25, -0.2) is 0 Å². The van der Waals surface area contributed by atoms with Gasteiger partial charge >= 0.3 is 0 Å². The Hall–Kier alpha value is -1.55. The highest BCUT2D eigenvalue weighted by Crippen LogP contribution is 2.41. The van der Waals surface area contributed by atoms with Gasteiger partial charge < -0.3 is 15.4 Å². The second-order valence-electron chi connectivity index (χ2n) is 5.78. The lowest BCUT2D eigenvalue weighted by molar-refractivity contribution is -0.134. The molecule has 4 nitrogen and oxygen atoms in total. The first-order valence-electron chi connectivity index (χ1n) is 7.42. The molecule has 2 aliphatic rings. The number of carbonyl (C=O) groups excluding carboxylic acids is 1. The molecule has 0 radical (unpaired) electrons. The number of hydrogen-bond acceptors (Lipinski definition) is 3. The molecule has 1 amide bonds. The normalized spacial score (nSPS) is 27.3. The first-order valence-corrected chi connectivity index (χ1v) is 7.42. The lowest BCUT2D eigenvalue weighted by Crippen LogP contribution is -2.43. The molecule has 0 spiro atoms. The molecule has 2 fully saturated rings. The van der Waals surface area contributed by atoms with Crippen molar-refractivity contribution in [1.82, 2.24) is 4.90 Å². The molecule has 1 aromatic carbocycles. The minimum Gasteiger partial charge on any atom is -0.496 e. The number of ether oxygens (including phenoxy) is 1. The predicted molar refractivity (Wildman–Crippen MR) is 77.4 cm³/mol. The van der Waals surface area contributed by atoms with Gasteiger partial charge in [0, 0.05) is 24.1 Å². The van der Waals surface area contributed by atoms with Gasteiger partial charge in [0.15, 0.2) is 0 Å². The maximum atomic E-state index is 12.5. The monoisotopic (exact) mass is 274 g/mol. The van der Waals surface area contributed by atoms with Crippen molar-refractivity contribution >= 4 is 5.91 Å². The molecule has 108 valence electrons. The average Bonchev–Trinajstić information content (AvgIpc) is 3.28. The lowest BCUT2D eigenvalue weighted by Gasteiger charge is -2.35. The van der Waals surface area contributed by atoms with E-state index < -0.39 is 0 Å². The van der Waals surface area contributed by atoms with Crippen LogP contribution in [0.4, 0.5) is 0 Å². The van der Waals surface area contributed by atoms with E-state index in [0.717, 1.165) is 37.0 Å². The summed E-state index contributed by atoms with van der Waals surface area (Å²) >= 11 is 0. The molecule has 1 aliphatic carbocycles. The van der Waals surface area contributed by atoms with E-state index in [9.17, 15) is 4.79 Å². The van der Waals surface area contributed by atoms with Gasteiger partial charge in [-0.1, -0.05) is 18.2 Å². The zero-order valence-electron chi connectivity index (χ0n) is 11.9. The minimum absolute atomic E-state index is 0.0154. The van der Waals surface area contributed by atoms with Gasteiger partial charge in [-0.3, -0.25) is 4.79 Å². The van der Waals surface area contributed by atoms with E-state index in [1.807, 2.05) is 29.2 Å². The first-order chi connectivity index (χ1) is 9.72. The summed E-state index contributed by atoms with van der Waals surface area (Å²) in [6.07, 6.45) is 4.59. The number of nitrogens with two attached hydrogens (primary N) is 1. The van der Waals surface area contributed by atoms with E-state index in [4.69, 9.17) is 10.5 Å². The quantitative estimate of drug-likeness (QED) is 0.919. The van der Waals surface area contributed by atoms with Crippen LogP contribution in [0.3, 0.4) is 0 Å². The Morgan fingerprint density at radius 3 is 2.70 bits per heavy atom. The Bertz CT molecular complexity index is 499. The van der Waals surface area contributed by atoms with Crippen molar-refractivity contribution in [3.8, 4) is 5.75 Å². The van der Waals surface area contributed by atoms with Crippen molar-refractivity contribution < 1.29 is 9.53 Å². The average molecular weight is 274 g/mol. The van der Waals surface area contributed by atoms with Crippen LogP contribution in [-0.4, -0.2) is 30.0 Å². The second-order valence-corrected chi connectivity index (χ2v) is 5.78. The standard InChI is InChI=1S/C16H22N2O2/c1-20-14-7-3-2-5-12(14)16-13(17)6-4-8-15(19)18(16)11-9-10-11/h2-3,5,7,11,13,16H,4,6,8-10,17H2,1H3. The van der Waals surface area contributed by atoms with Crippen LogP contribution in [-0.2, 0) is 4.79 Å².